The van der Waals surface area contributed by atoms with Crippen molar-refractivity contribution in [2.75, 3.05) is 0 Å². The van der Waals surface area contributed by atoms with Crippen LogP contribution in [0.5, 0.6) is 0 Å². The number of hydrogen-bond donors (Lipinski definition) is 0. The highest BCUT2D eigenvalue weighted by molar-refractivity contribution is 7.26. The standard InChI is InChI=1S/C52H32N4S/c1-3-12-33(13-4-1)39-18-11-19-42(30-39)52-55-50(37-14-5-2-6-15-37)54-51(56-52)38-28-24-35(25-29-38)34-22-26-36(27-23-34)48-47-43-20-9-10-21-46(43)57-49(47)44-31-40-16-7-8-17-41(40)32-45(44)53-48/h1-32H. The summed E-state index contributed by atoms with van der Waals surface area (Å²) in [6.07, 6.45) is 0. The lowest BCUT2D eigenvalue weighted by atomic mass is 9.98. The van der Waals surface area contributed by atoms with Crippen molar-refractivity contribution in [3.8, 4) is 67.7 Å². The first-order valence-corrected chi connectivity index (χ1v) is 19.9. The zero-order valence-electron chi connectivity index (χ0n) is 30.7. The number of thiophene rings is 1. The van der Waals surface area contributed by atoms with Gasteiger partial charge in [0.25, 0.3) is 0 Å². The maximum absolute atomic E-state index is 5.36. The summed E-state index contributed by atoms with van der Waals surface area (Å²) in [6, 6.07) is 68.0. The average Bonchev–Trinajstić information content (AvgIpc) is 3.69. The van der Waals surface area contributed by atoms with Crippen LogP contribution in [0.4, 0.5) is 0 Å². The number of nitrogens with zero attached hydrogens (tertiary/aromatic N) is 4. The molecule has 0 aliphatic heterocycles. The maximum Gasteiger partial charge on any atom is 0.164 e. The number of hydrogen-bond acceptors (Lipinski definition) is 5. The smallest absolute Gasteiger partial charge is 0.164 e. The molecular weight excluding hydrogens is 713 g/mol. The minimum Gasteiger partial charge on any atom is -0.247 e. The van der Waals surface area contributed by atoms with Gasteiger partial charge in [-0.15, -0.1) is 11.3 Å². The van der Waals surface area contributed by atoms with Crippen LogP contribution in [0.25, 0.3) is 110 Å². The van der Waals surface area contributed by atoms with Gasteiger partial charge < -0.3 is 0 Å². The number of fused-ring (bicyclic) bond motifs is 6. The van der Waals surface area contributed by atoms with Crippen molar-refractivity contribution in [1.82, 2.24) is 19.9 Å². The van der Waals surface area contributed by atoms with Gasteiger partial charge in [0.1, 0.15) is 0 Å². The Morgan fingerprint density at radius 1 is 0.316 bits per heavy atom. The molecule has 0 unspecified atom stereocenters. The largest absolute Gasteiger partial charge is 0.247 e. The molecule has 11 rings (SSSR count). The molecule has 0 aliphatic carbocycles. The van der Waals surface area contributed by atoms with E-state index in [9.17, 15) is 0 Å². The average molecular weight is 745 g/mol. The molecule has 0 saturated heterocycles. The predicted octanol–water partition coefficient (Wildman–Crippen LogP) is 13.9. The Morgan fingerprint density at radius 3 is 1.51 bits per heavy atom. The van der Waals surface area contributed by atoms with Gasteiger partial charge in [0.15, 0.2) is 17.5 Å². The molecule has 3 aromatic heterocycles. The summed E-state index contributed by atoms with van der Waals surface area (Å²) in [6.45, 7) is 0. The molecule has 11 aromatic rings. The molecular formula is C52H32N4S. The molecule has 0 amide bonds. The third-order valence-corrected chi connectivity index (χ3v) is 11.9. The van der Waals surface area contributed by atoms with Crippen LogP contribution in [0.1, 0.15) is 0 Å². The minimum absolute atomic E-state index is 0.632. The first-order chi connectivity index (χ1) is 28.2. The van der Waals surface area contributed by atoms with Gasteiger partial charge in [0.05, 0.1) is 11.2 Å². The SMILES string of the molecule is c1ccc(-c2cccc(-c3nc(-c4ccccc4)nc(-c4ccc(-c5ccc(-c6nc7cc8ccccc8cc7c7sc8ccccc8c67)cc5)cc4)n3)c2)cc1. The molecule has 0 spiro atoms. The number of rotatable bonds is 6. The fraction of sp³-hybridized carbons (Fsp3) is 0. The molecule has 0 fully saturated rings. The molecule has 5 heteroatoms. The van der Waals surface area contributed by atoms with Crippen molar-refractivity contribution in [1.29, 1.82) is 0 Å². The lowest BCUT2D eigenvalue weighted by molar-refractivity contribution is 1.07. The molecule has 8 aromatic carbocycles. The second kappa shape index (κ2) is 13.7. The van der Waals surface area contributed by atoms with Crippen LogP contribution < -0.4 is 0 Å². The zero-order valence-corrected chi connectivity index (χ0v) is 31.5. The van der Waals surface area contributed by atoms with Crippen LogP contribution >= 0.6 is 11.3 Å². The predicted molar refractivity (Wildman–Crippen MR) is 238 cm³/mol. The molecule has 0 N–H and O–H groups in total. The molecule has 0 radical (unpaired) electrons. The third kappa shape index (κ3) is 6.02. The van der Waals surface area contributed by atoms with Crippen LogP contribution in [0.2, 0.25) is 0 Å². The van der Waals surface area contributed by atoms with Crippen molar-refractivity contribution in [2.45, 2.75) is 0 Å². The normalized spacial score (nSPS) is 11.5. The Morgan fingerprint density at radius 2 is 0.807 bits per heavy atom. The Bertz CT molecular complexity index is 3270. The van der Waals surface area contributed by atoms with Crippen LogP contribution in [0.15, 0.2) is 194 Å². The summed E-state index contributed by atoms with van der Waals surface area (Å²) in [5.41, 5.74) is 10.4. The third-order valence-electron chi connectivity index (χ3n) is 10.7. The Hall–Kier alpha value is -7.34. The monoisotopic (exact) mass is 744 g/mol. The lowest BCUT2D eigenvalue weighted by Crippen LogP contribution is -2.00. The first kappa shape index (κ1) is 33.0. The van der Waals surface area contributed by atoms with Crippen molar-refractivity contribution < 1.29 is 0 Å². The van der Waals surface area contributed by atoms with Gasteiger partial charge in [-0.25, -0.2) is 19.9 Å². The van der Waals surface area contributed by atoms with Gasteiger partial charge in [-0.3, -0.25) is 0 Å². The summed E-state index contributed by atoms with van der Waals surface area (Å²) in [7, 11) is 0. The number of aromatic nitrogens is 4. The van der Waals surface area contributed by atoms with E-state index in [1.807, 2.05) is 47.7 Å². The summed E-state index contributed by atoms with van der Waals surface area (Å²) in [4.78, 5) is 20.3. The number of pyridine rings is 1. The maximum atomic E-state index is 5.36. The van der Waals surface area contributed by atoms with E-state index in [1.54, 1.807) is 0 Å². The minimum atomic E-state index is 0.632. The van der Waals surface area contributed by atoms with Gasteiger partial charge in [0.2, 0.25) is 0 Å². The molecule has 0 atom stereocenters. The topological polar surface area (TPSA) is 51.6 Å². The van der Waals surface area contributed by atoms with E-state index in [4.69, 9.17) is 19.9 Å². The highest BCUT2D eigenvalue weighted by atomic mass is 32.1. The van der Waals surface area contributed by atoms with Gasteiger partial charge in [-0.1, -0.05) is 170 Å². The van der Waals surface area contributed by atoms with Crippen molar-refractivity contribution in [2.24, 2.45) is 0 Å². The van der Waals surface area contributed by atoms with Crippen LogP contribution in [-0.4, -0.2) is 19.9 Å². The quantitative estimate of drug-likeness (QED) is 0.159. The molecule has 0 bridgehead atoms. The summed E-state index contributed by atoms with van der Waals surface area (Å²) >= 11 is 1.85. The van der Waals surface area contributed by atoms with Crippen molar-refractivity contribution in [3.05, 3.63) is 194 Å². The number of benzene rings is 8. The van der Waals surface area contributed by atoms with Gasteiger partial charge >= 0.3 is 0 Å². The summed E-state index contributed by atoms with van der Waals surface area (Å²) in [5.74, 6) is 1.91. The van der Waals surface area contributed by atoms with Crippen LogP contribution in [-0.2, 0) is 0 Å². The van der Waals surface area contributed by atoms with E-state index in [1.165, 1.54) is 36.3 Å². The van der Waals surface area contributed by atoms with E-state index in [0.717, 1.165) is 55.7 Å². The zero-order chi connectivity index (χ0) is 37.7. The summed E-state index contributed by atoms with van der Waals surface area (Å²) in [5, 5.41) is 6.09. The molecule has 0 aliphatic rings. The fourth-order valence-corrected chi connectivity index (χ4v) is 9.04. The molecule has 4 nitrogen and oxygen atoms in total. The van der Waals surface area contributed by atoms with Gasteiger partial charge in [-0.05, 0) is 57.3 Å². The molecule has 3 heterocycles. The van der Waals surface area contributed by atoms with E-state index in [-0.39, 0.29) is 0 Å². The first-order valence-electron chi connectivity index (χ1n) is 19.0. The molecule has 266 valence electrons. The van der Waals surface area contributed by atoms with Gasteiger partial charge in [0, 0.05) is 47.8 Å². The van der Waals surface area contributed by atoms with Gasteiger partial charge in [-0.2, -0.15) is 0 Å². The second-order valence-corrected chi connectivity index (χ2v) is 15.3. The summed E-state index contributed by atoms with van der Waals surface area (Å²) < 4.78 is 2.55. The van der Waals surface area contributed by atoms with Crippen molar-refractivity contribution in [3.63, 3.8) is 0 Å². The van der Waals surface area contributed by atoms with E-state index >= 15 is 0 Å². The molecule has 57 heavy (non-hydrogen) atoms. The fourth-order valence-electron chi connectivity index (χ4n) is 7.81. The van der Waals surface area contributed by atoms with Crippen LogP contribution in [0, 0.1) is 0 Å². The van der Waals surface area contributed by atoms with E-state index in [0.29, 0.717) is 17.5 Å². The Labute approximate surface area is 333 Å². The highest BCUT2D eigenvalue weighted by Gasteiger charge is 2.18. The Balaban J connectivity index is 0.961. The molecule has 0 saturated carbocycles. The second-order valence-electron chi connectivity index (χ2n) is 14.3. The van der Waals surface area contributed by atoms with E-state index in [2.05, 4.69) is 158 Å². The highest BCUT2D eigenvalue weighted by Crippen LogP contribution is 2.44. The Kier molecular flexibility index (Phi) is 7.97. The van der Waals surface area contributed by atoms with Crippen molar-refractivity contribution >= 4 is 53.2 Å². The van der Waals surface area contributed by atoms with Crippen LogP contribution in [0.3, 0.4) is 0 Å². The lowest BCUT2D eigenvalue weighted by Gasteiger charge is -2.11. The van der Waals surface area contributed by atoms with E-state index < -0.39 is 0 Å².